The van der Waals surface area contributed by atoms with Crippen LogP contribution in [-0.4, -0.2) is 47.7 Å². The van der Waals surface area contributed by atoms with E-state index >= 15 is 0 Å². The highest BCUT2D eigenvalue weighted by molar-refractivity contribution is 5.91. The lowest BCUT2D eigenvalue weighted by Crippen LogP contribution is -2.29. The molecule has 1 aliphatic heterocycles. The zero-order valence-electron chi connectivity index (χ0n) is 15.6. The van der Waals surface area contributed by atoms with Gasteiger partial charge in [-0.05, 0) is 50.6 Å². The maximum atomic E-state index is 12.4. The van der Waals surface area contributed by atoms with Gasteiger partial charge in [0, 0.05) is 6.54 Å². The fourth-order valence-electron chi connectivity index (χ4n) is 3.00. The molecule has 0 bridgehead atoms. The van der Waals surface area contributed by atoms with Crippen LogP contribution in [0.1, 0.15) is 41.9 Å². The molecule has 9 heteroatoms. The van der Waals surface area contributed by atoms with Gasteiger partial charge in [-0.25, -0.2) is 4.68 Å². The highest BCUT2D eigenvalue weighted by Crippen LogP contribution is 2.28. The van der Waals surface area contributed by atoms with E-state index in [1.54, 1.807) is 18.0 Å². The Balaban J connectivity index is 0.00000261. The number of nitrogens with zero attached hydrogens (tertiary/aromatic N) is 3. The molecule has 3 rings (SSSR count). The Morgan fingerprint density at radius 1 is 1.33 bits per heavy atom. The second-order valence-corrected chi connectivity index (χ2v) is 6.17. The second-order valence-electron chi connectivity index (χ2n) is 6.17. The molecule has 0 unspecified atom stereocenters. The number of carbonyl (C=O) groups excluding carboxylic acids is 1. The van der Waals surface area contributed by atoms with Crippen LogP contribution in [0.25, 0.3) is 0 Å². The Morgan fingerprint density at radius 3 is 2.81 bits per heavy atom. The average Bonchev–Trinajstić information content (AvgIpc) is 3.17. The lowest BCUT2D eigenvalue weighted by molar-refractivity contribution is 0.0945. The number of amides is 1. The predicted molar refractivity (Wildman–Crippen MR) is 104 cm³/mol. The molecule has 1 saturated heterocycles. The summed E-state index contributed by atoms with van der Waals surface area (Å²) in [4.78, 5) is 12.4. The van der Waals surface area contributed by atoms with E-state index < -0.39 is 0 Å². The number of hydrogen-bond donors (Lipinski definition) is 2. The lowest BCUT2D eigenvalue weighted by atomic mass is 10.1. The summed E-state index contributed by atoms with van der Waals surface area (Å²) in [6.45, 7) is 4.77. The normalized spacial score (nSPS) is 14.3. The molecular weight excluding hydrogens is 370 g/mol. The van der Waals surface area contributed by atoms with Crippen LogP contribution in [0.15, 0.2) is 24.4 Å². The van der Waals surface area contributed by atoms with E-state index in [-0.39, 0.29) is 18.3 Å². The lowest BCUT2D eigenvalue weighted by Gasteiger charge is -2.22. The first-order chi connectivity index (χ1) is 12.7. The first-order valence-corrected chi connectivity index (χ1v) is 8.91. The van der Waals surface area contributed by atoms with Gasteiger partial charge in [-0.3, -0.25) is 4.79 Å². The molecular formula is C18H26ClN5O3. The number of carbonyl (C=O) groups is 1. The monoisotopic (exact) mass is 395 g/mol. The van der Waals surface area contributed by atoms with E-state index in [2.05, 4.69) is 20.9 Å². The SMILES string of the molecule is CCOc1cc(CNC(=O)c2cn(C3CCNCC3)nn2)ccc1OC.Cl. The summed E-state index contributed by atoms with van der Waals surface area (Å²) in [6, 6.07) is 5.91. The van der Waals surface area contributed by atoms with Crippen LogP contribution in [0, 0.1) is 0 Å². The summed E-state index contributed by atoms with van der Waals surface area (Å²) in [5.74, 6) is 1.10. The summed E-state index contributed by atoms with van der Waals surface area (Å²) in [7, 11) is 1.60. The van der Waals surface area contributed by atoms with Crippen LogP contribution >= 0.6 is 12.4 Å². The summed E-state index contributed by atoms with van der Waals surface area (Å²) < 4.78 is 12.6. The minimum Gasteiger partial charge on any atom is -0.493 e. The van der Waals surface area contributed by atoms with Crippen molar-refractivity contribution in [2.45, 2.75) is 32.4 Å². The molecule has 1 fully saturated rings. The maximum Gasteiger partial charge on any atom is 0.273 e. The van der Waals surface area contributed by atoms with Crippen molar-refractivity contribution in [2.75, 3.05) is 26.8 Å². The Bertz CT molecular complexity index is 746. The van der Waals surface area contributed by atoms with Crippen molar-refractivity contribution in [1.82, 2.24) is 25.6 Å². The molecule has 1 amide bonds. The first-order valence-electron chi connectivity index (χ1n) is 8.91. The molecule has 8 nitrogen and oxygen atoms in total. The van der Waals surface area contributed by atoms with E-state index in [4.69, 9.17) is 9.47 Å². The second kappa shape index (κ2) is 10.1. The number of aromatic nitrogens is 3. The summed E-state index contributed by atoms with van der Waals surface area (Å²) >= 11 is 0. The van der Waals surface area contributed by atoms with Gasteiger partial charge in [-0.2, -0.15) is 0 Å². The molecule has 1 aromatic heterocycles. The Labute approximate surface area is 165 Å². The molecule has 1 aromatic carbocycles. The van der Waals surface area contributed by atoms with Gasteiger partial charge in [-0.15, -0.1) is 17.5 Å². The van der Waals surface area contributed by atoms with E-state index in [1.165, 1.54) is 0 Å². The molecule has 0 atom stereocenters. The third-order valence-electron chi connectivity index (χ3n) is 4.41. The van der Waals surface area contributed by atoms with Gasteiger partial charge in [0.2, 0.25) is 0 Å². The van der Waals surface area contributed by atoms with E-state index in [0.29, 0.717) is 36.4 Å². The summed E-state index contributed by atoms with van der Waals surface area (Å²) in [5.41, 5.74) is 1.26. The zero-order chi connectivity index (χ0) is 18.4. The average molecular weight is 396 g/mol. The Morgan fingerprint density at radius 2 is 2.11 bits per heavy atom. The number of benzene rings is 1. The molecule has 2 heterocycles. The molecule has 27 heavy (non-hydrogen) atoms. The number of hydrogen-bond acceptors (Lipinski definition) is 6. The van der Waals surface area contributed by atoms with E-state index in [0.717, 1.165) is 31.5 Å². The van der Waals surface area contributed by atoms with Crippen molar-refractivity contribution in [3.8, 4) is 11.5 Å². The van der Waals surface area contributed by atoms with Crippen LogP contribution < -0.4 is 20.1 Å². The highest BCUT2D eigenvalue weighted by atomic mass is 35.5. The molecule has 1 aliphatic rings. The number of piperidine rings is 1. The van der Waals surface area contributed by atoms with Crippen LogP contribution in [0.3, 0.4) is 0 Å². The topological polar surface area (TPSA) is 90.3 Å². The van der Waals surface area contributed by atoms with Gasteiger partial charge in [-0.1, -0.05) is 11.3 Å². The van der Waals surface area contributed by atoms with Gasteiger partial charge in [0.05, 0.1) is 26.0 Å². The van der Waals surface area contributed by atoms with Crippen molar-refractivity contribution < 1.29 is 14.3 Å². The molecule has 2 aromatic rings. The quantitative estimate of drug-likeness (QED) is 0.744. The van der Waals surface area contributed by atoms with Crippen LogP contribution in [0.5, 0.6) is 11.5 Å². The molecule has 0 radical (unpaired) electrons. The number of rotatable bonds is 7. The Kier molecular flexibility index (Phi) is 7.87. The summed E-state index contributed by atoms with van der Waals surface area (Å²) in [6.07, 6.45) is 3.72. The number of methoxy groups -OCH3 is 1. The molecule has 0 spiro atoms. The van der Waals surface area contributed by atoms with Gasteiger partial charge < -0.3 is 20.1 Å². The van der Waals surface area contributed by atoms with Crippen molar-refractivity contribution in [3.63, 3.8) is 0 Å². The van der Waals surface area contributed by atoms with E-state index in [9.17, 15) is 4.79 Å². The molecule has 0 saturated carbocycles. The number of ether oxygens (including phenoxy) is 2. The molecule has 0 aliphatic carbocycles. The van der Waals surface area contributed by atoms with Crippen molar-refractivity contribution in [3.05, 3.63) is 35.7 Å². The fourth-order valence-corrected chi connectivity index (χ4v) is 3.00. The first kappa shape index (κ1) is 21.0. The van der Waals surface area contributed by atoms with Gasteiger partial charge in [0.15, 0.2) is 17.2 Å². The van der Waals surface area contributed by atoms with Crippen molar-refractivity contribution in [2.24, 2.45) is 0 Å². The minimum atomic E-state index is -0.237. The third kappa shape index (κ3) is 5.33. The largest absolute Gasteiger partial charge is 0.493 e. The van der Waals surface area contributed by atoms with Gasteiger partial charge in [0.1, 0.15) is 0 Å². The van der Waals surface area contributed by atoms with Crippen LogP contribution in [-0.2, 0) is 6.54 Å². The minimum absolute atomic E-state index is 0. The standard InChI is InChI=1S/C18H25N5O3.ClH/c1-3-26-17-10-13(4-5-16(17)25-2)11-20-18(24)15-12-23(22-21-15)14-6-8-19-9-7-14;/h4-5,10,12,14,19H,3,6-9,11H2,1-2H3,(H,20,24);1H. The fraction of sp³-hybridized carbons (Fsp3) is 0.500. The van der Waals surface area contributed by atoms with Crippen molar-refractivity contribution >= 4 is 18.3 Å². The third-order valence-corrected chi connectivity index (χ3v) is 4.41. The molecule has 148 valence electrons. The van der Waals surface area contributed by atoms with Crippen LogP contribution in [0.4, 0.5) is 0 Å². The molecule has 2 N–H and O–H groups in total. The van der Waals surface area contributed by atoms with Crippen LogP contribution in [0.2, 0.25) is 0 Å². The number of halogens is 1. The smallest absolute Gasteiger partial charge is 0.273 e. The predicted octanol–water partition coefficient (Wildman–Crippen LogP) is 1.96. The Hall–Kier alpha value is -2.32. The number of nitrogens with one attached hydrogen (secondary N) is 2. The maximum absolute atomic E-state index is 12.4. The van der Waals surface area contributed by atoms with E-state index in [1.807, 2.05) is 25.1 Å². The van der Waals surface area contributed by atoms with Gasteiger partial charge in [0.25, 0.3) is 5.91 Å². The van der Waals surface area contributed by atoms with Crippen molar-refractivity contribution in [1.29, 1.82) is 0 Å². The van der Waals surface area contributed by atoms with Gasteiger partial charge >= 0.3 is 0 Å². The highest BCUT2D eigenvalue weighted by Gasteiger charge is 2.18. The summed E-state index contributed by atoms with van der Waals surface area (Å²) in [5, 5.41) is 14.3. The zero-order valence-corrected chi connectivity index (χ0v) is 16.4.